The molecule has 0 fully saturated rings. The molecule has 1 atom stereocenters. The Hall–Kier alpha value is -2.54. The Bertz CT molecular complexity index is 740. The second-order valence-electron chi connectivity index (χ2n) is 5.71. The number of tetrazole rings is 1. The molecule has 0 aliphatic heterocycles. The molecule has 3 aromatic rings. The lowest BCUT2D eigenvalue weighted by molar-refractivity contribution is 0.242. The van der Waals surface area contributed by atoms with Gasteiger partial charge in [0.1, 0.15) is 5.82 Å². The molecule has 0 radical (unpaired) electrons. The van der Waals surface area contributed by atoms with Gasteiger partial charge in [0.25, 0.3) is 0 Å². The van der Waals surface area contributed by atoms with Crippen molar-refractivity contribution >= 4 is 11.5 Å². The molecule has 0 amide bonds. The fourth-order valence-corrected chi connectivity index (χ4v) is 2.40. The van der Waals surface area contributed by atoms with Gasteiger partial charge >= 0.3 is 0 Å². The van der Waals surface area contributed by atoms with Gasteiger partial charge in [-0.05, 0) is 48.5 Å². The molecule has 0 aliphatic carbocycles. The minimum absolute atomic E-state index is 0.472. The van der Waals surface area contributed by atoms with E-state index in [1.807, 2.05) is 18.2 Å². The first-order valence-electron chi connectivity index (χ1n) is 7.76. The van der Waals surface area contributed by atoms with Crippen molar-refractivity contribution in [2.45, 2.75) is 25.9 Å². The number of nitrogens with zero attached hydrogens (tertiary/aromatic N) is 6. The van der Waals surface area contributed by atoms with Crippen molar-refractivity contribution < 1.29 is 0 Å². The van der Waals surface area contributed by atoms with Crippen LogP contribution in [0, 0.1) is 0 Å². The van der Waals surface area contributed by atoms with Crippen LogP contribution in [0.15, 0.2) is 42.5 Å². The molecule has 2 heterocycles. The third-order valence-electron chi connectivity index (χ3n) is 3.97. The maximum absolute atomic E-state index is 4.30. The number of rotatable bonds is 7. The molecule has 0 bridgehead atoms. The second-order valence-corrected chi connectivity index (χ2v) is 5.71. The van der Waals surface area contributed by atoms with E-state index in [1.54, 1.807) is 0 Å². The zero-order chi connectivity index (χ0) is 16.1. The molecule has 1 unspecified atom stereocenters. The van der Waals surface area contributed by atoms with Crippen molar-refractivity contribution in [3.05, 3.63) is 48.0 Å². The van der Waals surface area contributed by atoms with Crippen LogP contribution < -0.4 is 5.32 Å². The summed E-state index contributed by atoms with van der Waals surface area (Å²) in [7, 11) is 2.16. The largest absolute Gasteiger partial charge is 0.369 e. The minimum atomic E-state index is 0.472. The smallest absolute Gasteiger partial charge is 0.200 e. The number of hydrogen-bond acceptors (Lipinski definition) is 6. The monoisotopic (exact) mass is 311 g/mol. The van der Waals surface area contributed by atoms with Gasteiger partial charge in [-0.2, -0.15) is 0 Å². The molecule has 23 heavy (non-hydrogen) atoms. The highest BCUT2D eigenvalue weighted by molar-refractivity contribution is 5.41. The van der Waals surface area contributed by atoms with Crippen LogP contribution in [-0.4, -0.2) is 49.8 Å². The lowest BCUT2D eigenvalue weighted by Crippen LogP contribution is -2.30. The molecule has 120 valence electrons. The number of anilines is 1. The molecule has 7 nitrogen and oxygen atoms in total. The maximum Gasteiger partial charge on any atom is 0.200 e. The Labute approximate surface area is 135 Å². The van der Waals surface area contributed by atoms with E-state index in [1.165, 1.54) is 10.2 Å². The van der Waals surface area contributed by atoms with Gasteiger partial charge in [-0.25, -0.2) is 0 Å². The first kappa shape index (κ1) is 15.4. The number of fused-ring (bicyclic) bond motifs is 1. The predicted octanol–water partition coefficient (Wildman–Crippen LogP) is 1.84. The van der Waals surface area contributed by atoms with E-state index in [9.17, 15) is 0 Å². The molecule has 1 aromatic carbocycles. The molecule has 2 aromatic heterocycles. The summed E-state index contributed by atoms with van der Waals surface area (Å²) < 4.78 is 1.42. The van der Waals surface area contributed by atoms with Crippen molar-refractivity contribution in [2.24, 2.45) is 0 Å². The van der Waals surface area contributed by atoms with Crippen LogP contribution in [0.4, 0.5) is 5.82 Å². The molecule has 1 N–H and O–H groups in total. The van der Waals surface area contributed by atoms with Crippen molar-refractivity contribution in [2.75, 3.05) is 18.9 Å². The molecule has 7 heteroatoms. The van der Waals surface area contributed by atoms with Gasteiger partial charge in [-0.1, -0.05) is 30.3 Å². The van der Waals surface area contributed by atoms with E-state index >= 15 is 0 Å². The lowest BCUT2D eigenvalue weighted by atomic mass is 10.1. The van der Waals surface area contributed by atoms with Crippen molar-refractivity contribution in [1.29, 1.82) is 0 Å². The van der Waals surface area contributed by atoms with Gasteiger partial charge in [0, 0.05) is 19.1 Å². The fraction of sp³-hybridized carbons (Fsp3) is 0.375. The Morgan fingerprint density at radius 3 is 2.83 bits per heavy atom. The Morgan fingerprint density at radius 2 is 2.00 bits per heavy atom. The van der Waals surface area contributed by atoms with Crippen molar-refractivity contribution in [1.82, 2.24) is 30.2 Å². The normalized spacial score (nSPS) is 12.7. The third kappa shape index (κ3) is 4.01. The number of aromatic nitrogens is 5. The Kier molecular flexibility index (Phi) is 4.77. The van der Waals surface area contributed by atoms with E-state index in [-0.39, 0.29) is 0 Å². The summed E-state index contributed by atoms with van der Waals surface area (Å²) >= 11 is 0. The maximum atomic E-state index is 4.30. The standard InChI is InChI=1S/C16H21N7/c1-13(22(2)12-14-6-4-3-5-7-14)10-11-17-15-8-9-16-18-20-21-23(16)19-15/h3-9,13H,10-12H2,1-2H3,(H,17,19). The Morgan fingerprint density at radius 1 is 1.17 bits per heavy atom. The summed E-state index contributed by atoms with van der Waals surface area (Å²) in [6, 6.07) is 14.7. The summed E-state index contributed by atoms with van der Waals surface area (Å²) in [4.78, 5) is 2.36. The minimum Gasteiger partial charge on any atom is -0.369 e. The van der Waals surface area contributed by atoms with Crippen molar-refractivity contribution in [3.8, 4) is 0 Å². The van der Waals surface area contributed by atoms with Gasteiger partial charge < -0.3 is 5.32 Å². The summed E-state index contributed by atoms with van der Waals surface area (Å²) in [5, 5.41) is 18.8. The van der Waals surface area contributed by atoms with Gasteiger partial charge in [0.15, 0.2) is 5.65 Å². The van der Waals surface area contributed by atoms with Crippen LogP contribution >= 0.6 is 0 Å². The number of hydrogen-bond donors (Lipinski definition) is 1. The molecule has 3 rings (SSSR count). The zero-order valence-corrected chi connectivity index (χ0v) is 13.4. The molecule has 0 spiro atoms. The zero-order valence-electron chi connectivity index (χ0n) is 13.4. The molecular weight excluding hydrogens is 290 g/mol. The molecule has 0 saturated carbocycles. The summed E-state index contributed by atoms with van der Waals surface area (Å²) in [5.41, 5.74) is 1.98. The van der Waals surface area contributed by atoms with Crippen LogP contribution in [-0.2, 0) is 6.54 Å². The highest BCUT2D eigenvalue weighted by atomic mass is 15.6. The molecular formula is C16H21N7. The highest BCUT2D eigenvalue weighted by Crippen LogP contribution is 2.09. The number of nitrogens with one attached hydrogen (secondary N) is 1. The van der Waals surface area contributed by atoms with E-state index in [4.69, 9.17) is 0 Å². The molecule has 0 saturated heterocycles. The average molecular weight is 311 g/mol. The Balaban J connectivity index is 1.47. The quantitative estimate of drug-likeness (QED) is 0.718. The fourth-order valence-electron chi connectivity index (χ4n) is 2.40. The third-order valence-corrected chi connectivity index (χ3v) is 3.97. The first-order chi connectivity index (χ1) is 11.2. The van der Waals surface area contributed by atoms with Crippen LogP contribution in [0.1, 0.15) is 18.9 Å². The van der Waals surface area contributed by atoms with E-state index in [2.05, 4.69) is 69.1 Å². The van der Waals surface area contributed by atoms with Gasteiger partial charge in [0.2, 0.25) is 0 Å². The van der Waals surface area contributed by atoms with E-state index < -0.39 is 0 Å². The van der Waals surface area contributed by atoms with E-state index in [0.29, 0.717) is 11.7 Å². The molecule has 0 aliphatic rings. The van der Waals surface area contributed by atoms with Gasteiger partial charge in [-0.3, -0.25) is 4.90 Å². The van der Waals surface area contributed by atoms with Crippen molar-refractivity contribution in [3.63, 3.8) is 0 Å². The summed E-state index contributed by atoms with van der Waals surface area (Å²) in [5.74, 6) is 0.780. The second kappa shape index (κ2) is 7.15. The summed E-state index contributed by atoms with van der Waals surface area (Å²) in [6.45, 7) is 4.04. The SMILES string of the molecule is CC(CCNc1ccc2nnnn2n1)N(C)Cc1ccccc1. The van der Waals surface area contributed by atoms with Crippen LogP contribution in [0.2, 0.25) is 0 Å². The van der Waals surface area contributed by atoms with Gasteiger partial charge in [0.05, 0.1) is 0 Å². The van der Waals surface area contributed by atoms with Crippen LogP contribution in [0.3, 0.4) is 0 Å². The first-order valence-corrected chi connectivity index (χ1v) is 7.76. The van der Waals surface area contributed by atoms with Crippen LogP contribution in [0.5, 0.6) is 0 Å². The predicted molar refractivity (Wildman–Crippen MR) is 89.1 cm³/mol. The highest BCUT2D eigenvalue weighted by Gasteiger charge is 2.09. The lowest BCUT2D eigenvalue weighted by Gasteiger charge is -2.25. The van der Waals surface area contributed by atoms with Crippen LogP contribution in [0.25, 0.3) is 5.65 Å². The summed E-state index contributed by atoms with van der Waals surface area (Å²) in [6.07, 6.45) is 1.03. The van der Waals surface area contributed by atoms with Gasteiger partial charge in [-0.15, -0.1) is 14.8 Å². The number of benzene rings is 1. The van der Waals surface area contributed by atoms with E-state index in [0.717, 1.165) is 25.3 Å². The topological polar surface area (TPSA) is 71.2 Å². The average Bonchev–Trinajstić information content (AvgIpc) is 3.03.